The Balaban J connectivity index is 1.65. The van der Waals surface area contributed by atoms with Gasteiger partial charge in [0, 0.05) is 30.0 Å². The lowest BCUT2D eigenvalue weighted by atomic mass is 9.78. The lowest BCUT2D eigenvalue weighted by Gasteiger charge is -2.36. The van der Waals surface area contributed by atoms with Crippen LogP contribution >= 0.6 is 11.8 Å². The van der Waals surface area contributed by atoms with Gasteiger partial charge in [-0.1, -0.05) is 11.8 Å². The van der Waals surface area contributed by atoms with Gasteiger partial charge in [-0.15, -0.1) is 0 Å². The number of thioether (sulfide) groups is 1. The van der Waals surface area contributed by atoms with Crippen LogP contribution in [0.2, 0.25) is 0 Å². The van der Waals surface area contributed by atoms with Gasteiger partial charge in [-0.3, -0.25) is 9.78 Å². The van der Waals surface area contributed by atoms with Crippen LogP contribution in [0.3, 0.4) is 0 Å². The first kappa shape index (κ1) is 23.4. The smallest absolute Gasteiger partial charge is 0.379 e. The molecule has 0 spiro atoms. The van der Waals surface area contributed by atoms with Crippen LogP contribution in [-0.4, -0.2) is 52.8 Å². The molecule has 0 unspecified atom stereocenters. The van der Waals surface area contributed by atoms with Crippen LogP contribution in [0.25, 0.3) is 0 Å². The predicted molar refractivity (Wildman–Crippen MR) is 112 cm³/mol. The van der Waals surface area contributed by atoms with E-state index in [0.29, 0.717) is 5.69 Å². The van der Waals surface area contributed by atoms with Gasteiger partial charge in [0.1, 0.15) is 17.1 Å². The van der Waals surface area contributed by atoms with Crippen molar-refractivity contribution in [3.05, 3.63) is 53.4 Å². The number of nitrogens with one attached hydrogen (secondary N) is 1. The number of carbonyl (C=O) groups is 1. The summed E-state index contributed by atoms with van der Waals surface area (Å²) in [5.74, 6) is -2.64. The van der Waals surface area contributed by atoms with Gasteiger partial charge in [0.25, 0.3) is 5.91 Å². The Bertz CT molecular complexity index is 1080. The molecule has 3 atom stereocenters. The zero-order valence-electron chi connectivity index (χ0n) is 17.2. The van der Waals surface area contributed by atoms with Crippen LogP contribution in [0.15, 0.2) is 35.6 Å². The average molecular weight is 485 g/mol. The van der Waals surface area contributed by atoms with E-state index >= 15 is 0 Å². The van der Waals surface area contributed by atoms with E-state index in [0.717, 1.165) is 17.8 Å². The number of carbonyl (C=O) groups excluding carboxylic acids is 1. The number of nitrogens with zero attached hydrogens (tertiary/aromatic N) is 3. The van der Waals surface area contributed by atoms with E-state index in [1.54, 1.807) is 0 Å². The number of hydrogen-bond acceptors (Lipinski definition) is 8. The highest BCUT2D eigenvalue weighted by atomic mass is 32.2. The number of anilines is 1. The van der Waals surface area contributed by atoms with Gasteiger partial charge >= 0.3 is 6.18 Å². The number of amidine groups is 1. The Morgan fingerprint density at radius 2 is 2.15 bits per heavy atom. The van der Waals surface area contributed by atoms with Crippen molar-refractivity contribution < 1.29 is 31.8 Å². The molecular weight excluding hydrogens is 466 g/mol. The number of alkyl halides is 3. The SMILES string of the molecule is COCc1cnc(C(=O)Nc2ccc(F)c([C@]34CO[C@H](C(F)(F)F)[C@H]3CSC(N)=N4)c2)cn1. The molecule has 0 aliphatic carbocycles. The number of amides is 1. The molecule has 2 aromatic rings. The van der Waals surface area contributed by atoms with Crippen LogP contribution in [0.5, 0.6) is 0 Å². The minimum Gasteiger partial charge on any atom is -0.379 e. The van der Waals surface area contributed by atoms with Crippen LogP contribution in [0.1, 0.15) is 21.7 Å². The maximum Gasteiger partial charge on any atom is 0.415 e. The third kappa shape index (κ3) is 4.52. The fourth-order valence-electron chi connectivity index (χ4n) is 3.92. The Morgan fingerprint density at radius 3 is 2.82 bits per heavy atom. The van der Waals surface area contributed by atoms with Gasteiger partial charge < -0.3 is 20.5 Å². The van der Waals surface area contributed by atoms with Crippen LogP contribution < -0.4 is 11.1 Å². The monoisotopic (exact) mass is 485 g/mol. The molecule has 1 aromatic heterocycles. The van der Waals surface area contributed by atoms with Crippen molar-refractivity contribution in [1.82, 2.24) is 9.97 Å². The first-order valence-electron chi connectivity index (χ1n) is 9.72. The molecule has 1 aromatic carbocycles. The van der Waals surface area contributed by atoms with Gasteiger partial charge in [0.05, 0.1) is 31.3 Å². The highest BCUT2D eigenvalue weighted by Gasteiger charge is 2.62. The number of benzene rings is 1. The molecule has 0 saturated carbocycles. The first-order chi connectivity index (χ1) is 15.6. The summed E-state index contributed by atoms with van der Waals surface area (Å²) in [6.07, 6.45) is -4.13. The molecule has 13 heteroatoms. The molecule has 3 N–H and O–H groups in total. The fourth-order valence-corrected chi connectivity index (χ4v) is 4.95. The number of fused-ring (bicyclic) bond motifs is 1. The lowest BCUT2D eigenvalue weighted by molar-refractivity contribution is -0.215. The van der Waals surface area contributed by atoms with Crippen molar-refractivity contribution in [3.63, 3.8) is 0 Å². The summed E-state index contributed by atoms with van der Waals surface area (Å²) in [5.41, 5.74) is 4.67. The van der Waals surface area contributed by atoms with Gasteiger partial charge in [0.2, 0.25) is 0 Å². The third-order valence-electron chi connectivity index (χ3n) is 5.43. The van der Waals surface area contributed by atoms with E-state index < -0.39 is 42.1 Å². The molecule has 2 aliphatic heterocycles. The molecule has 8 nitrogen and oxygen atoms in total. The fraction of sp³-hybridized carbons (Fsp3) is 0.400. The number of ether oxygens (including phenoxy) is 2. The predicted octanol–water partition coefficient (Wildman–Crippen LogP) is 2.85. The van der Waals surface area contributed by atoms with Crippen molar-refractivity contribution in [2.45, 2.75) is 24.4 Å². The number of aromatic nitrogens is 2. The molecule has 1 amide bonds. The standard InChI is InChI=1S/C20H19F4N5O3S/c1-31-7-11-5-27-15(6-26-11)17(30)28-10-2-3-14(21)12(4-10)19-9-32-16(20(22,23)24)13(19)8-33-18(25)29-19/h2-6,13,16H,7-9H2,1H3,(H2,25,29)(H,28,30)/t13-,16+,19-/m1/s1. The van der Waals surface area contributed by atoms with Crippen molar-refractivity contribution in [3.8, 4) is 0 Å². The zero-order valence-corrected chi connectivity index (χ0v) is 18.0. The summed E-state index contributed by atoms with van der Waals surface area (Å²) < 4.78 is 65.5. The Morgan fingerprint density at radius 1 is 1.36 bits per heavy atom. The molecule has 4 rings (SSSR count). The van der Waals surface area contributed by atoms with Crippen LogP contribution in [0.4, 0.5) is 23.2 Å². The van der Waals surface area contributed by atoms with E-state index in [-0.39, 0.29) is 34.5 Å². The van der Waals surface area contributed by atoms with Crippen molar-refractivity contribution in [2.24, 2.45) is 16.6 Å². The highest BCUT2D eigenvalue weighted by Crippen LogP contribution is 2.52. The number of halogens is 4. The van der Waals surface area contributed by atoms with Gasteiger partial charge in [-0.2, -0.15) is 13.2 Å². The second-order valence-corrected chi connectivity index (χ2v) is 8.58. The van der Waals surface area contributed by atoms with E-state index in [9.17, 15) is 22.4 Å². The maximum atomic E-state index is 14.9. The average Bonchev–Trinajstić information content (AvgIpc) is 3.15. The molecule has 0 bridgehead atoms. The quantitative estimate of drug-likeness (QED) is 0.627. The van der Waals surface area contributed by atoms with Crippen molar-refractivity contribution >= 4 is 28.5 Å². The van der Waals surface area contributed by atoms with Gasteiger partial charge in [-0.05, 0) is 18.2 Å². The third-order valence-corrected chi connectivity index (χ3v) is 6.34. The molecule has 33 heavy (non-hydrogen) atoms. The second kappa shape index (κ2) is 8.88. The van der Waals surface area contributed by atoms with Gasteiger partial charge in [0.15, 0.2) is 11.3 Å². The summed E-state index contributed by atoms with van der Waals surface area (Å²) in [4.78, 5) is 24.8. The summed E-state index contributed by atoms with van der Waals surface area (Å²) >= 11 is 0.962. The highest BCUT2D eigenvalue weighted by molar-refractivity contribution is 8.13. The van der Waals surface area contributed by atoms with E-state index in [2.05, 4.69) is 20.3 Å². The molecule has 176 valence electrons. The summed E-state index contributed by atoms with van der Waals surface area (Å²) in [5, 5.41) is 2.60. The first-order valence-corrected chi connectivity index (χ1v) is 10.7. The molecule has 2 aliphatic rings. The second-order valence-electron chi connectivity index (χ2n) is 7.54. The number of methoxy groups -OCH3 is 1. The minimum atomic E-state index is -4.65. The van der Waals surface area contributed by atoms with E-state index in [1.807, 2.05) is 0 Å². The maximum absolute atomic E-state index is 14.9. The van der Waals surface area contributed by atoms with Crippen molar-refractivity contribution in [2.75, 3.05) is 24.8 Å². The molecule has 1 fully saturated rings. The molecule has 1 saturated heterocycles. The summed E-state index contributed by atoms with van der Waals surface area (Å²) in [6, 6.07) is 3.59. The lowest BCUT2D eigenvalue weighted by Crippen LogP contribution is -2.46. The summed E-state index contributed by atoms with van der Waals surface area (Å²) in [7, 11) is 1.49. The molecule has 0 radical (unpaired) electrons. The number of hydrogen-bond donors (Lipinski definition) is 2. The molecular formula is C20H19F4N5O3S. The number of nitrogens with two attached hydrogens (primary N) is 1. The Kier molecular flexibility index (Phi) is 6.29. The van der Waals surface area contributed by atoms with Crippen molar-refractivity contribution in [1.29, 1.82) is 0 Å². The zero-order chi connectivity index (χ0) is 23.8. The summed E-state index contributed by atoms with van der Waals surface area (Å²) in [6.45, 7) is -0.272. The minimum absolute atomic E-state index is 0.00515. The Labute approximate surface area is 190 Å². The van der Waals surface area contributed by atoms with E-state index in [4.69, 9.17) is 15.2 Å². The Hall–Kier alpha value is -2.77. The number of aliphatic imine (C=N–C) groups is 1. The van der Waals surface area contributed by atoms with E-state index in [1.165, 1.54) is 31.6 Å². The number of rotatable bonds is 5. The van der Waals surface area contributed by atoms with Crippen LogP contribution in [-0.2, 0) is 21.6 Å². The topological polar surface area (TPSA) is 112 Å². The van der Waals surface area contributed by atoms with Gasteiger partial charge in [-0.25, -0.2) is 14.4 Å². The normalized spacial score (nSPS) is 24.8. The molecule has 3 heterocycles. The largest absolute Gasteiger partial charge is 0.415 e. The van der Waals surface area contributed by atoms with Crippen LogP contribution in [0, 0.1) is 11.7 Å².